The Morgan fingerprint density at radius 2 is 2.22 bits per heavy atom. The molecular formula is C16H16N4O2S. The van der Waals surface area contributed by atoms with Crippen LogP contribution in [0.3, 0.4) is 0 Å². The zero-order valence-electron chi connectivity index (χ0n) is 12.9. The van der Waals surface area contributed by atoms with Gasteiger partial charge in [-0.1, -0.05) is 6.07 Å². The van der Waals surface area contributed by atoms with Crippen molar-refractivity contribution in [3.05, 3.63) is 45.2 Å². The van der Waals surface area contributed by atoms with Crippen LogP contribution in [0.5, 0.6) is 0 Å². The number of aromatic nitrogens is 3. The molecule has 3 aromatic heterocycles. The molecule has 0 aliphatic carbocycles. The molecule has 6 nitrogen and oxygen atoms in total. The molecule has 23 heavy (non-hydrogen) atoms. The molecule has 1 N–H and O–H groups in total. The van der Waals surface area contributed by atoms with Gasteiger partial charge in [-0.2, -0.15) is 0 Å². The Labute approximate surface area is 136 Å². The van der Waals surface area contributed by atoms with Gasteiger partial charge in [-0.05, 0) is 18.4 Å². The fraction of sp³-hybridized carbons (Fsp3) is 0.312. The lowest BCUT2D eigenvalue weighted by molar-refractivity contribution is -0.126. The molecule has 0 aromatic carbocycles. The molecule has 0 bridgehead atoms. The minimum Gasteiger partial charge on any atom is -0.345 e. The molecule has 3 aromatic rings. The number of amides is 1. The highest BCUT2D eigenvalue weighted by molar-refractivity contribution is 7.13. The highest BCUT2D eigenvalue weighted by Crippen LogP contribution is 2.29. The molecule has 1 unspecified atom stereocenters. The smallest absolute Gasteiger partial charge is 0.272 e. The number of thiophene rings is 1. The third kappa shape index (κ3) is 2.19. The maximum atomic E-state index is 12.5. The van der Waals surface area contributed by atoms with Crippen molar-refractivity contribution in [1.29, 1.82) is 0 Å². The van der Waals surface area contributed by atoms with Crippen LogP contribution in [0.15, 0.2) is 28.4 Å². The van der Waals surface area contributed by atoms with Gasteiger partial charge in [-0.3, -0.25) is 14.7 Å². The summed E-state index contributed by atoms with van der Waals surface area (Å²) in [6, 6.07) is 5.53. The van der Waals surface area contributed by atoms with Crippen molar-refractivity contribution >= 4 is 22.9 Å². The first kappa shape index (κ1) is 14.2. The second-order valence-electron chi connectivity index (χ2n) is 5.94. The van der Waals surface area contributed by atoms with E-state index in [1.165, 1.54) is 10.6 Å². The molecule has 1 aliphatic heterocycles. The summed E-state index contributed by atoms with van der Waals surface area (Å²) < 4.78 is 1.48. The van der Waals surface area contributed by atoms with Crippen LogP contribution < -0.4 is 5.56 Å². The maximum absolute atomic E-state index is 12.5. The minimum atomic E-state index is -0.141. The molecule has 1 amide bonds. The molecule has 118 valence electrons. The molecule has 7 heteroatoms. The number of nitrogens with zero attached hydrogens (tertiary/aromatic N) is 3. The fourth-order valence-electron chi connectivity index (χ4n) is 3.10. The second kappa shape index (κ2) is 5.06. The summed E-state index contributed by atoms with van der Waals surface area (Å²) in [7, 11) is 1.78. The predicted octanol–water partition coefficient (Wildman–Crippen LogP) is 2.01. The van der Waals surface area contributed by atoms with Crippen molar-refractivity contribution in [3.63, 3.8) is 0 Å². The zero-order chi connectivity index (χ0) is 16.1. The Balaban J connectivity index is 1.86. The number of rotatable bonds is 2. The Hall–Kier alpha value is -2.41. The summed E-state index contributed by atoms with van der Waals surface area (Å²) in [4.78, 5) is 31.6. The van der Waals surface area contributed by atoms with E-state index in [0.29, 0.717) is 24.3 Å². The van der Waals surface area contributed by atoms with Gasteiger partial charge in [0.2, 0.25) is 5.91 Å². The van der Waals surface area contributed by atoms with Gasteiger partial charge in [-0.25, -0.2) is 9.50 Å². The summed E-state index contributed by atoms with van der Waals surface area (Å²) in [5.74, 6) is 0.0896. The summed E-state index contributed by atoms with van der Waals surface area (Å²) in [6.45, 7) is 2.58. The van der Waals surface area contributed by atoms with Gasteiger partial charge >= 0.3 is 0 Å². The van der Waals surface area contributed by atoms with Crippen LogP contribution >= 0.6 is 11.3 Å². The van der Waals surface area contributed by atoms with Crippen LogP contribution in [0.1, 0.15) is 23.6 Å². The van der Waals surface area contributed by atoms with Crippen molar-refractivity contribution in [3.8, 4) is 10.6 Å². The SMILES string of the molecule is Cc1c(-c2cccs2)[nH]n2c(=O)cc(C3CC(=O)N(C)C3)nc12. The molecule has 1 saturated heterocycles. The number of nitrogens with one attached hydrogen (secondary N) is 1. The van der Waals surface area contributed by atoms with Crippen molar-refractivity contribution < 1.29 is 4.79 Å². The molecule has 1 fully saturated rings. The number of likely N-dealkylation sites (N-methyl/N-ethyl adjacent to an activating group) is 1. The Morgan fingerprint density at radius 1 is 1.39 bits per heavy atom. The number of hydrogen-bond donors (Lipinski definition) is 1. The number of likely N-dealkylation sites (tertiary alicyclic amines) is 1. The van der Waals surface area contributed by atoms with Gasteiger partial charge < -0.3 is 4.90 Å². The van der Waals surface area contributed by atoms with Gasteiger partial charge in [0, 0.05) is 37.6 Å². The lowest BCUT2D eigenvalue weighted by Crippen LogP contribution is -2.20. The highest BCUT2D eigenvalue weighted by Gasteiger charge is 2.30. The van der Waals surface area contributed by atoms with Crippen LogP contribution in [0, 0.1) is 6.92 Å². The standard InChI is InChI=1S/C16H16N4O2S/c1-9-15(12-4-3-5-23-12)18-20-14(22)7-11(17-16(9)20)10-6-13(21)19(2)8-10/h3-5,7,10,18H,6,8H2,1-2H3. The molecule has 1 aliphatic rings. The van der Waals surface area contributed by atoms with Gasteiger partial charge in [0.1, 0.15) is 0 Å². The third-order valence-electron chi connectivity index (χ3n) is 4.40. The predicted molar refractivity (Wildman–Crippen MR) is 88.9 cm³/mol. The zero-order valence-corrected chi connectivity index (χ0v) is 13.7. The average molecular weight is 328 g/mol. The molecule has 0 radical (unpaired) electrons. The maximum Gasteiger partial charge on any atom is 0.272 e. The van der Waals surface area contributed by atoms with Crippen molar-refractivity contribution in [1.82, 2.24) is 19.5 Å². The van der Waals surface area contributed by atoms with Gasteiger partial charge in [0.15, 0.2) is 5.65 Å². The minimum absolute atomic E-state index is 0.00955. The number of carbonyl (C=O) groups excluding carboxylic acids is 1. The molecular weight excluding hydrogens is 312 g/mol. The van der Waals surface area contributed by atoms with E-state index in [0.717, 1.165) is 16.1 Å². The number of hydrogen-bond acceptors (Lipinski definition) is 4. The lowest BCUT2D eigenvalue weighted by atomic mass is 10.0. The summed E-state index contributed by atoms with van der Waals surface area (Å²) in [5, 5.41) is 5.15. The Morgan fingerprint density at radius 3 is 2.87 bits per heavy atom. The first-order valence-electron chi connectivity index (χ1n) is 7.44. The average Bonchev–Trinajstić information content (AvgIpc) is 3.21. The first-order valence-corrected chi connectivity index (χ1v) is 8.32. The van der Waals surface area contributed by atoms with Crippen LogP contribution in [-0.4, -0.2) is 39.0 Å². The van der Waals surface area contributed by atoms with Crippen molar-refractivity contribution in [2.45, 2.75) is 19.3 Å². The van der Waals surface area contributed by atoms with E-state index in [9.17, 15) is 9.59 Å². The number of aromatic amines is 1. The van der Waals surface area contributed by atoms with Crippen LogP contribution in [0.4, 0.5) is 0 Å². The van der Waals surface area contributed by atoms with Gasteiger partial charge in [0.05, 0.1) is 16.3 Å². The fourth-order valence-corrected chi connectivity index (χ4v) is 3.88. The molecule has 4 rings (SSSR count). The summed E-state index contributed by atoms with van der Waals surface area (Å²) in [5.41, 5.74) is 3.06. The summed E-state index contributed by atoms with van der Waals surface area (Å²) >= 11 is 1.62. The Bertz CT molecular complexity index is 955. The van der Waals surface area contributed by atoms with E-state index in [1.807, 2.05) is 24.4 Å². The van der Waals surface area contributed by atoms with E-state index in [1.54, 1.807) is 23.3 Å². The number of fused-ring (bicyclic) bond motifs is 1. The van der Waals surface area contributed by atoms with E-state index in [4.69, 9.17) is 0 Å². The monoisotopic (exact) mass is 328 g/mol. The van der Waals surface area contributed by atoms with Gasteiger partial charge in [0.25, 0.3) is 5.56 Å². The van der Waals surface area contributed by atoms with E-state index < -0.39 is 0 Å². The number of H-pyrrole nitrogens is 1. The van der Waals surface area contributed by atoms with E-state index >= 15 is 0 Å². The van der Waals surface area contributed by atoms with Crippen molar-refractivity contribution in [2.24, 2.45) is 0 Å². The van der Waals surface area contributed by atoms with E-state index in [-0.39, 0.29) is 17.4 Å². The Kier molecular flexibility index (Phi) is 3.12. The number of aryl methyl sites for hydroxylation is 1. The topological polar surface area (TPSA) is 70.5 Å². The summed E-state index contributed by atoms with van der Waals surface area (Å²) in [6.07, 6.45) is 0.417. The van der Waals surface area contributed by atoms with Crippen LogP contribution in [-0.2, 0) is 4.79 Å². The van der Waals surface area contributed by atoms with Gasteiger partial charge in [-0.15, -0.1) is 11.3 Å². The quantitative estimate of drug-likeness (QED) is 0.782. The van der Waals surface area contributed by atoms with Crippen molar-refractivity contribution in [2.75, 3.05) is 13.6 Å². The lowest BCUT2D eigenvalue weighted by Gasteiger charge is -2.09. The van der Waals surface area contributed by atoms with Crippen LogP contribution in [0.25, 0.3) is 16.2 Å². The van der Waals surface area contributed by atoms with Crippen LogP contribution in [0.2, 0.25) is 0 Å². The first-order chi connectivity index (χ1) is 11.0. The molecule has 0 spiro atoms. The molecule has 1 atom stereocenters. The molecule has 4 heterocycles. The second-order valence-corrected chi connectivity index (χ2v) is 6.89. The normalized spacial score (nSPS) is 18.3. The number of carbonyl (C=O) groups is 1. The highest BCUT2D eigenvalue weighted by atomic mass is 32.1. The molecule has 0 saturated carbocycles. The third-order valence-corrected chi connectivity index (χ3v) is 5.29. The van der Waals surface area contributed by atoms with E-state index in [2.05, 4.69) is 10.1 Å². The largest absolute Gasteiger partial charge is 0.345 e.